The fourth-order valence-electron chi connectivity index (χ4n) is 4.49. The summed E-state index contributed by atoms with van der Waals surface area (Å²) in [5.41, 5.74) is 4.46. The number of hydrogen-bond donors (Lipinski definition) is 0. The highest BCUT2D eigenvalue weighted by molar-refractivity contribution is 7.90. The molecule has 0 N–H and O–H groups in total. The molecule has 188 valence electrons. The first-order chi connectivity index (χ1) is 17.8. The molecule has 0 radical (unpaired) electrons. The summed E-state index contributed by atoms with van der Waals surface area (Å²) >= 11 is 1.55. The average Bonchev–Trinajstić information content (AvgIpc) is 3.52. The summed E-state index contributed by atoms with van der Waals surface area (Å²) in [4.78, 5) is 4.88. The molecule has 0 bridgehead atoms. The summed E-state index contributed by atoms with van der Waals surface area (Å²) in [6.45, 7) is 2.97. The SMILES string of the molecule is Cc1ccc(S(=O)(=O)n2cc(-c3ccc(S(=O)(=O)N4CCC4)cc3)c3c(-c4ccsc4)ccnc32)cc1. The van der Waals surface area contributed by atoms with Gasteiger partial charge in [0, 0.05) is 36.4 Å². The van der Waals surface area contributed by atoms with E-state index in [0.29, 0.717) is 35.2 Å². The Morgan fingerprint density at radius 3 is 2.08 bits per heavy atom. The highest BCUT2D eigenvalue weighted by Gasteiger charge is 2.30. The van der Waals surface area contributed by atoms with Gasteiger partial charge in [0.15, 0.2) is 5.65 Å². The van der Waals surface area contributed by atoms with Crippen LogP contribution in [0.3, 0.4) is 0 Å². The number of thiophene rings is 1. The molecule has 5 aromatic rings. The molecule has 0 atom stereocenters. The van der Waals surface area contributed by atoms with E-state index in [1.54, 1.807) is 72.3 Å². The van der Waals surface area contributed by atoms with Gasteiger partial charge in [0.1, 0.15) is 0 Å². The molecule has 0 amide bonds. The number of aryl methyl sites for hydroxylation is 1. The average molecular weight is 550 g/mol. The van der Waals surface area contributed by atoms with E-state index in [-0.39, 0.29) is 9.79 Å². The van der Waals surface area contributed by atoms with Gasteiger partial charge in [-0.3, -0.25) is 0 Å². The highest BCUT2D eigenvalue weighted by atomic mass is 32.2. The van der Waals surface area contributed by atoms with E-state index in [0.717, 1.165) is 23.1 Å². The van der Waals surface area contributed by atoms with E-state index in [2.05, 4.69) is 4.98 Å². The number of pyridine rings is 1. The lowest BCUT2D eigenvalue weighted by atomic mass is 10.00. The molecule has 0 aliphatic carbocycles. The molecule has 10 heteroatoms. The monoisotopic (exact) mass is 549 g/mol. The van der Waals surface area contributed by atoms with Crippen molar-refractivity contribution in [1.82, 2.24) is 13.3 Å². The highest BCUT2D eigenvalue weighted by Crippen LogP contribution is 2.39. The maximum Gasteiger partial charge on any atom is 0.269 e. The number of aromatic nitrogens is 2. The van der Waals surface area contributed by atoms with Crippen molar-refractivity contribution in [1.29, 1.82) is 0 Å². The van der Waals surface area contributed by atoms with Gasteiger partial charge in [-0.05, 0) is 77.2 Å². The normalized spacial score (nSPS) is 14.6. The smallest absolute Gasteiger partial charge is 0.237 e. The Balaban J connectivity index is 1.56. The molecule has 4 heterocycles. The number of hydrogen-bond acceptors (Lipinski definition) is 6. The van der Waals surface area contributed by atoms with Crippen molar-refractivity contribution in [3.8, 4) is 22.3 Å². The van der Waals surface area contributed by atoms with Gasteiger partial charge in [-0.25, -0.2) is 25.8 Å². The molecule has 0 saturated carbocycles. The molecule has 0 unspecified atom stereocenters. The van der Waals surface area contributed by atoms with Crippen LogP contribution in [0.2, 0.25) is 0 Å². The molecule has 1 saturated heterocycles. The van der Waals surface area contributed by atoms with Crippen LogP contribution in [0.1, 0.15) is 12.0 Å². The molecule has 1 aliphatic rings. The fraction of sp³-hybridized carbons (Fsp3) is 0.148. The minimum absolute atomic E-state index is 0.167. The van der Waals surface area contributed by atoms with Gasteiger partial charge >= 0.3 is 0 Å². The van der Waals surface area contributed by atoms with Crippen molar-refractivity contribution >= 4 is 42.4 Å². The van der Waals surface area contributed by atoms with Gasteiger partial charge in [-0.15, -0.1) is 0 Å². The molecule has 37 heavy (non-hydrogen) atoms. The van der Waals surface area contributed by atoms with Gasteiger partial charge in [-0.2, -0.15) is 15.6 Å². The second-order valence-corrected chi connectivity index (χ2v) is 13.5. The second kappa shape index (κ2) is 8.91. The number of nitrogens with zero attached hydrogens (tertiary/aromatic N) is 3. The van der Waals surface area contributed by atoms with E-state index >= 15 is 0 Å². The number of rotatable bonds is 6. The lowest BCUT2D eigenvalue weighted by Crippen LogP contribution is -2.41. The first kappa shape index (κ1) is 24.1. The van der Waals surface area contributed by atoms with Gasteiger partial charge in [0.2, 0.25) is 10.0 Å². The molecular weight excluding hydrogens is 527 g/mol. The first-order valence-corrected chi connectivity index (χ1v) is 15.5. The third kappa shape index (κ3) is 4.00. The van der Waals surface area contributed by atoms with Crippen LogP contribution >= 0.6 is 11.3 Å². The largest absolute Gasteiger partial charge is 0.269 e. The quantitative estimate of drug-likeness (QED) is 0.284. The summed E-state index contributed by atoms with van der Waals surface area (Å²) in [6.07, 6.45) is 4.06. The van der Waals surface area contributed by atoms with E-state index in [1.165, 1.54) is 8.28 Å². The molecule has 2 aromatic carbocycles. The summed E-state index contributed by atoms with van der Waals surface area (Å²) in [5, 5.41) is 4.67. The zero-order chi connectivity index (χ0) is 25.8. The van der Waals surface area contributed by atoms with Crippen LogP contribution in [-0.4, -0.2) is 43.2 Å². The molecule has 3 aromatic heterocycles. The Labute approximate surface area is 219 Å². The fourth-order valence-corrected chi connectivity index (χ4v) is 7.98. The Morgan fingerprint density at radius 2 is 1.46 bits per heavy atom. The summed E-state index contributed by atoms with van der Waals surface area (Å²) in [6, 6.07) is 17.2. The van der Waals surface area contributed by atoms with Crippen molar-refractivity contribution in [3.05, 3.63) is 89.4 Å². The number of sulfonamides is 1. The molecule has 6 rings (SSSR count). The first-order valence-electron chi connectivity index (χ1n) is 11.7. The molecular formula is C27H23N3O4S3. The van der Waals surface area contributed by atoms with E-state index in [4.69, 9.17) is 0 Å². The van der Waals surface area contributed by atoms with E-state index < -0.39 is 20.0 Å². The van der Waals surface area contributed by atoms with Crippen LogP contribution in [-0.2, 0) is 20.0 Å². The lowest BCUT2D eigenvalue weighted by molar-refractivity contribution is 0.309. The summed E-state index contributed by atoms with van der Waals surface area (Å²) in [5.74, 6) is 0. The number of benzene rings is 2. The van der Waals surface area contributed by atoms with Crippen LogP contribution < -0.4 is 0 Å². The maximum atomic E-state index is 13.7. The zero-order valence-corrected chi connectivity index (χ0v) is 22.4. The van der Waals surface area contributed by atoms with Crippen molar-refractivity contribution < 1.29 is 16.8 Å². The maximum absolute atomic E-state index is 13.7. The third-order valence-electron chi connectivity index (χ3n) is 6.68. The third-order valence-corrected chi connectivity index (χ3v) is 10.9. The predicted octanol–water partition coefficient (Wildman–Crippen LogP) is 5.37. The molecule has 7 nitrogen and oxygen atoms in total. The van der Waals surface area contributed by atoms with Crippen LogP contribution in [0.15, 0.2) is 93.6 Å². The molecule has 0 spiro atoms. The second-order valence-electron chi connectivity index (χ2n) is 9.01. The van der Waals surface area contributed by atoms with Gasteiger partial charge in [0.25, 0.3) is 10.0 Å². The van der Waals surface area contributed by atoms with Crippen LogP contribution in [0.5, 0.6) is 0 Å². The molecule has 1 fully saturated rings. The van der Waals surface area contributed by atoms with E-state index in [9.17, 15) is 16.8 Å². The van der Waals surface area contributed by atoms with Crippen molar-refractivity contribution in [2.24, 2.45) is 0 Å². The molecule has 1 aliphatic heterocycles. The van der Waals surface area contributed by atoms with Crippen LogP contribution in [0.25, 0.3) is 33.3 Å². The van der Waals surface area contributed by atoms with Crippen molar-refractivity contribution in [2.75, 3.05) is 13.1 Å². The minimum atomic E-state index is -3.94. The zero-order valence-electron chi connectivity index (χ0n) is 19.9. The van der Waals surface area contributed by atoms with Gasteiger partial charge in [-0.1, -0.05) is 29.8 Å². The predicted molar refractivity (Wildman–Crippen MR) is 146 cm³/mol. The number of fused-ring (bicyclic) bond motifs is 1. The van der Waals surface area contributed by atoms with Crippen LogP contribution in [0.4, 0.5) is 0 Å². The van der Waals surface area contributed by atoms with Gasteiger partial charge < -0.3 is 0 Å². The Hall–Kier alpha value is -3.31. The topological polar surface area (TPSA) is 89.3 Å². The lowest BCUT2D eigenvalue weighted by Gasteiger charge is -2.29. The Bertz CT molecular complexity index is 1820. The van der Waals surface area contributed by atoms with Crippen molar-refractivity contribution in [3.63, 3.8) is 0 Å². The van der Waals surface area contributed by atoms with Crippen LogP contribution in [0, 0.1) is 6.92 Å². The summed E-state index contributed by atoms with van der Waals surface area (Å²) < 4.78 is 55.8. The summed E-state index contributed by atoms with van der Waals surface area (Å²) in [7, 11) is -7.46. The van der Waals surface area contributed by atoms with E-state index in [1.807, 2.05) is 29.8 Å². The minimum Gasteiger partial charge on any atom is -0.237 e. The van der Waals surface area contributed by atoms with Crippen molar-refractivity contribution in [2.45, 2.75) is 23.1 Å². The Kier molecular flexibility index (Phi) is 5.79. The Morgan fingerprint density at radius 1 is 0.784 bits per heavy atom. The van der Waals surface area contributed by atoms with Gasteiger partial charge in [0.05, 0.1) is 9.79 Å². The standard InChI is InChI=1S/C27H23N3O4S3/c1-19-3-7-23(8-4-19)37(33,34)30-17-25(26-24(11-13-28-27(26)30)21-12-16-35-18-21)20-5-9-22(10-6-20)36(31,32)29-14-2-15-29/h3-13,16-18H,2,14-15H2,1H3.